The molecule has 0 aliphatic carbocycles. The lowest BCUT2D eigenvalue weighted by molar-refractivity contribution is -0.136. The van der Waals surface area contributed by atoms with E-state index < -0.39 is 5.54 Å². The average Bonchev–Trinajstić information content (AvgIpc) is 2.46. The van der Waals surface area contributed by atoms with Gasteiger partial charge in [-0.25, -0.2) is 0 Å². The SMILES string of the molecule is CCc1ccc(CN(C)C(=O)C(N)(CC)CC)cc1. The van der Waals surface area contributed by atoms with E-state index in [1.165, 1.54) is 5.56 Å². The summed E-state index contributed by atoms with van der Waals surface area (Å²) in [6.45, 7) is 6.67. The number of likely N-dealkylation sites (N-methyl/N-ethyl adjacent to an activating group) is 1. The van der Waals surface area contributed by atoms with Crippen molar-refractivity contribution in [1.82, 2.24) is 4.90 Å². The van der Waals surface area contributed by atoms with E-state index in [9.17, 15) is 4.79 Å². The maximum atomic E-state index is 12.4. The number of carbonyl (C=O) groups excluding carboxylic acids is 1. The summed E-state index contributed by atoms with van der Waals surface area (Å²) in [5, 5.41) is 0. The Kier molecular flexibility index (Phi) is 5.55. The molecule has 0 spiro atoms. The van der Waals surface area contributed by atoms with Crippen molar-refractivity contribution in [2.45, 2.75) is 52.1 Å². The van der Waals surface area contributed by atoms with Crippen LogP contribution in [0.2, 0.25) is 0 Å². The summed E-state index contributed by atoms with van der Waals surface area (Å²) in [5.41, 5.74) is 7.88. The van der Waals surface area contributed by atoms with Gasteiger partial charge in [0.25, 0.3) is 0 Å². The van der Waals surface area contributed by atoms with Gasteiger partial charge in [-0.2, -0.15) is 0 Å². The lowest BCUT2D eigenvalue weighted by Crippen LogP contribution is -2.53. The molecule has 0 bridgehead atoms. The van der Waals surface area contributed by atoms with Gasteiger partial charge in [-0.05, 0) is 30.4 Å². The third-order valence-corrected chi connectivity index (χ3v) is 3.89. The molecule has 0 radical (unpaired) electrons. The van der Waals surface area contributed by atoms with Crippen LogP contribution in [0.15, 0.2) is 24.3 Å². The number of amides is 1. The van der Waals surface area contributed by atoms with E-state index in [4.69, 9.17) is 5.73 Å². The number of nitrogens with zero attached hydrogens (tertiary/aromatic N) is 1. The zero-order valence-electron chi connectivity index (χ0n) is 12.6. The molecule has 19 heavy (non-hydrogen) atoms. The Morgan fingerprint density at radius 3 is 2.00 bits per heavy atom. The summed E-state index contributed by atoms with van der Waals surface area (Å²) < 4.78 is 0. The Balaban J connectivity index is 2.73. The highest BCUT2D eigenvalue weighted by atomic mass is 16.2. The Labute approximate surface area is 116 Å². The molecular formula is C16H26N2O. The third kappa shape index (κ3) is 3.80. The molecule has 0 heterocycles. The molecule has 2 N–H and O–H groups in total. The lowest BCUT2D eigenvalue weighted by Gasteiger charge is -2.30. The molecule has 1 amide bonds. The monoisotopic (exact) mass is 262 g/mol. The van der Waals surface area contributed by atoms with E-state index >= 15 is 0 Å². The van der Waals surface area contributed by atoms with E-state index in [1.807, 2.05) is 20.9 Å². The minimum Gasteiger partial charge on any atom is -0.340 e. The molecule has 0 saturated carbocycles. The topological polar surface area (TPSA) is 46.3 Å². The Hall–Kier alpha value is -1.35. The first kappa shape index (κ1) is 15.7. The molecule has 3 nitrogen and oxygen atoms in total. The van der Waals surface area contributed by atoms with Gasteiger partial charge in [0.1, 0.15) is 0 Å². The molecule has 0 fully saturated rings. The van der Waals surface area contributed by atoms with Gasteiger partial charge in [0.05, 0.1) is 5.54 Å². The van der Waals surface area contributed by atoms with Crippen LogP contribution in [0.1, 0.15) is 44.7 Å². The van der Waals surface area contributed by atoms with Crippen molar-refractivity contribution in [2.75, 3.05) is 7.05 Å². The zero-order valence-corrected chi connectivity index (χ0v) is 12.6. The Morgan fingerprint density at radius 1 is 1.11 bits per heavy atom. The number of benzene rings is 1. The molecule has 1 aromatic carbocycles. The highest BCUT2D eigenvalue weighted by molar-refractivity contribution is 5.85. The molecule has 3 heteroatoms. The van der Waals surface area contributed by atoms with Crippen molar-refractivity contribution in [3.8, 4) is 0 Å². The van der Waals surface area contributed by atoms with Gasteiger partial charge in [-0.1, -0.05) is 45.0 Å². The van der Waals surface area contributed by atoms with Gasteiger partial charge in [0.15, 0.2) is 0 Å². The third-order valence-electron chi connectivity index (χ3n) is 3.89. The van der Waals surface area contributed by atoms with Gasteiger partial charge in [0, 0.05) is 13.6 Å². The molecule has 1 rings (SSSR count). The molecule has 0 aliphatic heterocycles. The van der Waals surface area contributed by atoms with Crippen LogP contribution in [0, 0.1) is 0 Å². The number of hydrogen-bond acceptors (Lipinski definition) is 2. The average molecular weight is 262 g/mol. The first-order chi connectivity index (χ1) is 8.96. The number of aryl methyl sites for hydroxylation is 1. The van der Waals surface area contributed by atoms with Crippen LogP contribution >= 0.6 is 0 Å². The molecule has 0 atom stereocenters. The number of carbonyl (C=O) groups is 1. The molecular weight excluding hydrogens is 236 g/mol. The van der Waals surface area contributed by atoms with Crippen LogP contribution in [-0.4, -0.2) is 23.4 Å². The normalized spacial score (nSPS) is 11.4. The van der Waals surface area contributed by atoms with Crippen molar-refractivity contribution >= 4 is 5.91 Å². The predicted octanol–water partition coefficient (Wildman–Crippen LogP) is 2.72. The summed E-state index contributed by atoms with van der Waals surface area (Å²) in [7, 11) is 1.82. The number of hydrogen-bond donors (Lipinski definition) is 1. The van der Waals surface area contributed by atoms with Gasteiger partial charge in [-0.3, -0.25) is 4.79 Å². The first-order valence-corrected chi connectivity index (χ1v) is 7.09. The fourth-order valence-corrected chi connectivity index (χ4v) is 2.16. The first-order valence-electron chi connectivity index (χ1n) is 7.09. The van der Waals surface area contributed by atoms with Gasteiger partial charge >= 0.3 is 0 Å². The number of nitrogens with two attached hydrogens (primary N) is 1. The van der Waals surface area contributed by atoms with Crippen LogP contribution < -0.4 is 5.73 Å². The highest BCUT2D eigenvalue weighted by Crippen LogP contribution is 2.16. The lowest BCUT2D eigenvalue weighted by atomic mass is 9.92. The molecule has 106 valence electrons. The predicted molar refractivity (Wildman–Crippen MR) is 79.8 cm³/mol. The van der Waals surface area contributed by atoms with E-state index in [-0.39, 0.29) is 5.91 Å². The maximum absolute atomic E-state index is 12.4. The molecule has 0 aliphatic rings. The largest absolute Gasteiger partial charge is 0.340 e. The highest BCUT2D eigenvalue weighted by Gasteiger charge is 2.32. The van der Waals surface area contributed by atoms with Gasteiger partial charge in [-0.15, -0.1) is 0 Å². The minimum absolute atomic E-state index is 0.0251. The summed E-state index contributed by atoms with van der Waals surface area (Å²) in [4.78, 5) is 14.1. The summed E-state index contributed by atoms with van der Waals surface area (Å²) in [6, 6.07) is 8.39. The summed E-state index contributed by atoms with van der Waals surface area (Å²) in [6.07, 6.45) is 2.37. The van der Waals surface area contributed by atoms with Crippen molar-refractivity contribution in [3.05, 3.63) is 35.4 Å². The van der Waals surface area contributed by atoms with Crippen LogP contribution in [0.4, 0.5) is 0 Å². The van der Waals surface area contributed by atoms with Crippen molar-refractivity contribution in [1.29, 1.82) is 0 Å². The Morgan fingerprint density at radius 2 is 1.58 bits per heavy atom. The second kappa shape index (κ2) is 6.71. The Bertz CT molecular complexity index is 407. The summed E-state index contributed by atoms with van der Waals surface area (Å²) >= 11 is 0. The van der Waals surface area contributed by atoms with Gasteiger partial charge < -0.3 is 10.6 Å². The van der Waals surface area contributed by atoms with Crippen LogP contribution in [-0.2, 0) is 17.8 Å². The van der Waals surface area contributed by atoms with Crippen molar-refractivity contribution in [3.63, 3.8) is 0 Å². The number of rotatable bonds is 6. The van der Waals surface area contributed by atoms with E-state index in [0.29, 0.717) is 19.4 Å². The summed E-state index contributed by atoms with van der Waals surface area (Å²) in [5.74, 6) is 0.0251. The maximum Gasteiger partial charge on any atom is 0.242 e. The fourth-order valence-electron chi connectivity index (χ4n) is 2.16. The van der Waals surface area contributed by atoms with Gasteiger partial charge in [0.2, 0.25) is 5.91 Å². The van der Waals surface area contributed by atoms with Crippen LogP contribution in [0.5, 0.6) is 0 Å². The zero-order chi connectivity index (χ0) is 14.5. The molecule has 0 saturated heterocycles. The quantitative estimate of drug-likeness (QED) is 0.857. The van der Waals surface area contributed by atoms with E-state index in [0.717, 1.165) is 12.0 Å². The van der Waals surface area contributed by atoms with E-state index in [2.05, 4.69) is 31.2 Å². The van der Waals surface area contributed by atoms with Crippen LogP contribution in [0.25, 0.3) is 0 Å². The van der Waals surface area contributed by atoms with Crippen LogP contribution in [0.3, 0.4) is 0 Å². The standard InChI is InChI=1S/C16H26N2O/c1-5-13-8-10-14(11-9-13)12-18(4)15(19)16(17,6-2)7-3/h8-11H,5-7,12,17H2,1-4H3. The van der Waals surface area contributed by atoms with Crippen molar-refractivity contribution in [2.24, 2.45) is 5.73 Å². The molecule has 0 unspecified atom stereocenters. The molecule has 1 aromatic rings. The second-order valence-electron chi connectivity index (χ2n) is 5.19. The van der Waals surface area contributed by atoms with Crippen molar-refractivity contribution < 1.29 is 4.79 Å². The van der Waals surface area contributed by atoms with E-state index in [1.54, 1.807) is 4.90 Å². The molecule has 0 aromatic heterocycles. The smallest absolute Gasteiger partial charge is 0.242 e. The fraction of sp³-hybridized carbons (Fsp3) is 0.562. The minimum atomic E-state index is -0.724. The second-order valence-corrected chi connectivity index (χ2v) is 5.19.